The van der Waals surface area contributed by atoms with Crippen molar-refractivity contribution in [3.63, 3.8) is 0 Å². The molecule has 4 rings (SSSR count). The summed E-state index contributed by atoms with van der Waals surface area (Å²) in [5.74, 6) is 0.161. The number of halogens is 1. The summed E-state index contributed by atoms with van der Waals surface area (Å²) in [6.07, 6.45) is 0.660. The molecule has 0 fully saturated rings. The van der Waals surface area contributed by atoms with E-state index in [1.54, 1.807) is 6.07 Å². The first-order valence-corrected chi connectivity index (χ1v) is 17.9. The number of sulfonamides is 1. The molecule has 0 aliphatic heterocycles. The zero-order chi connectivity index (χ0) is 28.0. The molecule has 210 valence electrons. The number of hydrogen-bond donors (Lipinski definition) is 3. The highest BCUT2D eigenvalue weighted by Gasteiger charge is 2.32. The molecular weight excluding hydrogens is 533 g/mol. The van der Waals surface area contributed by atoms with Gasteiger partial charge >= 0.3 is 0 Å². The van der Waals surface area contributed by atoms with Crippen LogP contribution in [-0.2, 0) is 14.4 Å². The SMILES string of the molecule is CC[Si](CC)(CC)O[C@H](CNCCOc1ccc2c(c1)[nH]c1ccccc12)c1ccc(F)c(NS(C)(=O)=O)c1. The molecule has 7 nitrogen and oxygen atoms in total. The summed E-state index contributed by atoms with van der Waals surface area (Å²) in [4.78, 5) is 3.44. The molecule has 1 heterocycles. The zero-order valence-corrected chi connectivity index (χ0v) is 24.8. The molecule has 3 aromatic carbocycles. The number of benzene rings is 3. The summed E-state index contributed by atoms with van der Waals surface area (Å²) in [5, 5.41) is 5.77. The van der Waals surface area contributed by atoms with E-state index < -0.39 is 24.2 Å². The quantitative estimate of drug-likeness (QED) is 0.118. The maximum absolute atomic E-state index is 14.4. The van der Waals surface area contributed by atoms with E-state index >= 15 is 0 Å². The second kappa shape index (κ2) is 12.5. The van der Waals surface area contributed by atoms with Crippen LogP contribution < -0.4 is 14.8 Å². The molecule has 0 spiro atoms. The third-order valence-electron chi connectivity index (χ3n) is 7.34. The number of fused-ring (bicyclic) bond motifs is 3. The predicted molar refractivity (Wildman–Crippen MR) is 160 cm³/mol. The summed E-state index contributed by atoms with van der Waals surface area (Å²) in [6.45, 7) is 8.00. The minimum atomic E-state index is -3.62. The molecule has 10 heteroatoms. The van der Waals surface area contributed by atoms with Crippen molar-refractivity contribution in [3.8, 4) is 5.75 Å². The van der Waals surface area contributed by atoms with Crippen LogP contribution in [0, 0.1) is 5.82 Å². The Kier molecular flexibility index (Phi) is 9.32. The van der Waals surface area contributed by atoms with E-state index in [4.69, 9.17) is 9.16 Å². The highest BCUT2D eigenvalue weighted by Crippen LogP contribution is 2.32. The van der Waals surface area contributed by atoms with Crippen molar-refractivity contribution in [2.75, 3.05) is 30.7 Å². The van der Waals surface area contributed by atoms with Crippen LogP contribution in [0.4, 0.5) is 10.1 Å². The lowest BCUT2D eigenvalue weighted by atomic mass is 10.1. The van der Waals surface area contributed by atoms with Crippen molar-refractivity contribution in [2.45, 2.75) is 45.0 Å². The van der Waals surface area contributed by atoms with E-state index in [1.165, 1.54) is 17.5 Å². The number of H-pyrrole nitrogens is 1. The topological polar surface area (TPSA) is 92.4 Å². The van der Waals surface area contributed by atoms with E-state index in [-0.39, 0.29) is 11.8 Å². The van der Waals surface area contributed by atoms with E-state index in [1.807, 2.05) is 24.3 Å². The van der Waals surface area contributed by atoms with Gasteiger partial charge in [-0.25, -0.2) is 12.8 Å². The van der Waals surface area contributed by atoms with E-state index in [9.17, 15) is 12.8 Å². The number of anilines is 1. The summed E-state index contributed by atoms with van der Waals surface area (Å²) < 4.78 is 52.9. The van der Waals surface area contributed by atoms with Crippen LogP contribution in [-0.4, -0.2) is 47.7 Å². The van der Waals surface area contributed by atoms with Gasteiger partial charge in [-0.3, -0.25) is 4.72 Å². The number of rotatable bonds is 14. The molecule has 0 saturated carbocycles. The van der Waals surface area contributed by atoms with Gasteiger partial charge in [0.05, 0.1) is 23.6 Å². The van der Waals surface area contributed by atoms with Gasteiger partial charge in [-0.2, -0.15) is 0 Å². The molecule has 0 aliphatic carbocycles. The van der Waals surface area contributed by atoms with Crippen LogP contribution in [0.1, 0.15) is 32.4 Å². The molecule has 3 N–H and O–H groups in total. The smallest absolute Gasteiger partial charge is 0.229 e. The third-order valence-corrected chi connectivity index (χ3v) is 12.6. The maximum atomic E-state index is 14.4. The fourth-order valence-corrected chi connectivity index (χ4v) is 8.33. The lowest BCUT2D eigenvalue weighted by Gasteiger charge is -2.34. The minimum absolute atomic E-state index is 0.0731. The standard InChI is InChI=1S/C29H38FN3O4SSi/c1-5-39(6-2,7-3)37-29(21-12-15-25(30)28(18-21)33-38(4,34)35)20-31-16-17-36-22-13-14-24-23-10-8-9-11-26(23)32-27(24)19-22/h8-15,18-19,29,31-33H,5-7,16-17,20H2,1-4H3/t29-/m1/s1. The van der Waals surface area contributed by atoms with E-state index in [0.717, 1.165) is 52.1 Å². The molecule has 0 radical (unpaired) electrons. The average Bonchev–Trinajstić information content (AvgIpc) is 3.29. The molecule has 0 saturated heterocycles. The number of aromatic nitrogens is 1. The van der Waals surface area contributed by atoms with E-state index in [0.29, 0.717) is 19.7 Å². The Balaban J connectivity index is 1.43. The Labute approximate surface area is 231 Å². The van der Waals surface area contributed by atoms with Gasteiger partial charge in [0.1, 0.15) is 18.2 Å². The van der Waals surface area contributed by atoms with Gasteiger partial charge in [0.2, 0.25) is 10.0 Å². The highest BCUT2D eigenvalue weighted by molar-refractivity contribution is 7.92. The first kappa shape index (κ1) is 29.1. The zero-order valence-electron chi connectivity index (χ0n) is 23.0. The van der Waals surface area contributed by atoms with E-state index in [2.05, 4.69) is 54.0 Å². The van der Waals surface area contributed by atoms with Crippen LogP contribution in [0.25, 0.3) is 21.8 Å². The predicted octanol–water partition coefficient (Wildman–Crippen LogP) is 6.56. The Hall–Kier alpha value is -2.92. The lowest BCUT2D eigenvalue weighted by molar-refractivity contribution is 0.183. The van der Waals surface area contributed by atoms with Crippen molar-refractivity contribution in [1.29, 1.82) is 0 Å². The van der Waals surface area contributed by atoms with Gasteiger partial charge in [0.25, 0.3) is 0 Å². The van der Waals surface area contributed by atoms with Crippen LogP contribution in [0.5, 0.6) is 5.75 Å². The molecule has 1 atom stereocenters. The van der Waals surface area contributed by atoms with Crippen molar-refractivity contribution in [2.24, 2.45) is 0 Å². The van der Waals surface area contributed by atoms with Gasteiger partial charge < -0.3 is 19.5 Å². The second-order valence-electron chi connectivity index (χ2n) is 9.89. The Morgan fingerprint density at radius 1 is 0.949 bits per heavy atom. The number of nitrogens with one attached hydrogen (secondary N) is 3. The van der Waals surface area contributed by atoms with Crippen LogP contribution in [0.3, 0.4) is 0 Å². The van der Waals surface area contributed by atoms with Gasteiger partial charge in [0, 0.05) is 35.4 Å². The van der Waals surface area contributed by atoms with Gasteiger partial charge in [-0.05, 0) is 54.0 Å². The third kappa shape index (κ3) is 7.19. The van der Waals surface area contributed by atoms with Crippen molar-refractivity contribution in [1.82, 2.24) is 10.3 Å². The fraction of sp³-hybridized carbons (Fsp3) is 0.379. The number of para-hydroxylation sites is 1. The van der Waals surface area contributed by atoms with Crippen molar-refractivity contribution < 1.29 is 22.0 Å². The van der Waals surface area contributed by atoms with Gasteiger partial charge in [0.15, 0.2) is 8.32 Å². The largest absolute Gasteiger partial charge is 0.492 e. The lowest BCUT2D eigenvalue weighted by Crippen LogP contribution is -2.40. The monoisotopic (exact) mass is 571 g/mol. The first-order chi connectivity index (χ1) is 18.7. The van der Waals surface area contributed by atoms with Crippen molar-refractivity contribution >= 4 is 45.8 Å². The second-order valence-corrected chi connectivity index (χ2v) is 16.4. The summed E-state index contributed by atoms with van der Waals surface area (Å²) in [6, 6.07) is 21.7. The van der Waals surface area contributed by atoms with Crippen molar-refractivity contribution in [3.05, 3.63) is 72.0 Å². The maximum Gasteiger partial charge on any atom is 0.229 e. The van der Waals surface area contributed by atoms with Crippen LogP contribution in [0.2, 0.25) is 18.1 Å². The van der Waals surface area contributed by atoms with Crippen LogP contribution >= 0.6 is 0 Å². The summed E-state index contributed by atoms with van der Waals surface area (Å²) >= 11 is 0. The van der Waals surface area contributed by atoms with Gasteiger partial charge in [-0.1, -0.05) is 45.0 Å². The molecule has 0 aliphatic rings. The Morgan fingerprint density at radius 2 is 1.67 bits per heavy atom. The summed E-state index contributed by atoms with van der Waals surface area (Å²) in [5.41, 5.74) is 2.78. The molecule has 0 bridgehead atoms. The molecule has 0 unspecified atom stereocenters. The normalized spacial score (nSPS) is 13.2. The molecule has 4 aromatic rings. The number of aromatic amines is 1. The molecule has 1 aromatic heterocycles. The minimum Gasteiger partial charge on any atom is -0.492 e. The molecule has 39 heavy (non-hydrogen) atoms. The fourth-order valence-electron chi connectivity index (χ4n) is 4.95. The Morgan fingerprint density at radius 3 is 2.38 bits per heavy atom. The highest BCUT2D eigenvalue weighted by atomic mass is 32.2. The van der Waals surface area contributed by atoms with Gasteiger partial charge in [-0.15, -0.1) is 0 Å². The molecule has 0 amide bonds. The number of hydrogen-bond acceptors (Lipinski definition) is 5. The van der Waals surface area contributed by atoms with Crippen LogP contribution in [0.15, 0.2) is 60.7 Å². The summed E-state index contributed by atoms with van der Waals surface area (Å²) in [7, 11) is -5.63. The molecular formula is C29H38FN3O4SSi. The first-order valence-electron chi connectivity index (χ1n) is 13.5. The average molecular weight is 572 g/mol. The number of ether oxygens (including phenoxy) is 1. The Bertz CT molecular complexity index is 1510.